The van der Waals surface area contributed by atoms with Crippen LogP contribution in [0.3, 0.4) is 0 Å². The van der Waals surface area contributed by atoms with Crippen LogP contribution in [0.2, 0.25) is 0 Å². The number of benzene rings is 2. The molecule has 0 unspecified atom stereocenters. The average Bonchev–Trinajstić information content (AvgIpc) is 3.12. The predicted molar refractivity (Wildman–Crippen MR) is 113 cm³/mol. The minimum absolute atomic E-state index is 0.0880. The third kappa shape index (κ3) is 4.62. The lowest BCUT2D eigenvalue weighted by Crippen LogP contribution is -2.19. The van der Waals surface area contributed by atoms with Gasteiger partial charge in [0.25, 0.3) is 5.91 Å². The molecule has 0 fully saturated rings. The Kier molecular flexibility index (Phi) is 6.04. The predicted octanol–water partition coefficient (Wildman–Crippen LogP) is 4.66. The number of aryl methyl sites for hydroxylation is 2. The number of hydrogen-bond acceptors (Lipinski definition) is 3. The Morgan fingerprint density at radius 1 is 1.03 bits per heavy atom. The molecular weight excluding hydrogens is 400 g/mol. The summed E-state index contributed by atoms with van der Waals surface area (Å²) < 4.78 is 29.3. The lowest BCUT2D eigenvalue weighted by atomic mass is 10.0. The van der Waals surface area contributed by atoms with E-state index in [4.69, 9.17) is 5.21 Å². The molecule has 2 aromatic carbocycles. The van der Waals surface area contributed by atoms with Crippen LogP contribution in [0.4, 0.5) is 8.78 Å². The number of halogens is 2. The van der Waals surface area contributed by atoms with E-state index in [2.05, 4.69) is 17.1 Å². The standard InChI is InChI=1S/C24H21F2N3O2/c25-19-10-9-18(21(26)11-19)15-29-14-17(8-4-7-16-5-2-1-3-6-16)20-12-22(24(30)28-31)27-13-23(20)29/h1-3,5-6,9-14,31H,4,7-8,15H2,(H,28,30). The zero-order chi connectivity index (χ0) is 21.8. The molecule has 2 heterocycles. The van der Waals surface area contributed by atoms with E-state index in [-0.39, 0.29) is 12.2 Å². The molecule has 0 spiro atoms. The molecule has 2 N–H and O–H groups in total. The third-order valence-corrected chi connectivity index (χ3v) is 5.29. The van der Waals surface area contributed by atoms with Crippen LogP contribution in [0, 0.1) is 11.6 Å². The molecule has 7 heteroatoms. The number of rotatable bonds is 7. The second-order valence-corrected chi connectivity index (χ2v) is 7.38. The highest BCUT2D eigenvalue weighted by atomic mass is 19.1. The quantitative estimate of drug-likeness (QED) is 0.337. The summed E-state index contributed by atoms with van der Waals surface area (Å²) in [6.07, 6.45) is 5.98. The van der Waals surface area contributed by atoms with Crippen LogP contribution < -0.4 is 5.48 Å². The van der Waals surface area contributed by atoms with Crippen LogP contribution in [-0.2, 0) is 19.4 Å². The number of aromatic nitrogens is 2. The molecule has 0 aliphatic heterocycles. The summed E-state index contributed by atoms with van der Waals surface area (Å²) in [4.78, 5) is 15.9. The van der Waals surface area contributed by atoms with Crippen molar-refractivity contribution in [3.8, 4) is 0 Å². The largest absolute Gasteiger partial charge is 0.341 e. The van der Waals surface area contributed by atoms with E-state index >= 15 is 0 Å². The molecule has 31 heavy (non-hydrogen) atoms. The molecule has 4 rings (SSSR count). The summed E-state index contributed by atoms with van der Waals surface area (Å²) in [6, 6.07) is 15.3. The summed E-state index contributed by atoms with van der Waals surface area (Å²) in [5, 5.41) is 9.74. The monoisotopic (exact) mass is 421 g/mol. The van der Waals surface area contributed by atoms with Gasteiger partial charge in [-0.05, 0) is 42.5 Å². The van der Waals surface area contributed by atoms with E-state index in [1.54, 1.807) is 11.5 Å². The average molecular weight is 421 g/mol. The van der Waals surface area contributed by atoms with Crippen molar-refractivity contribution in [2.24, 2.45) is 0 Å². The summed E-state index contributed by atoms with van der Waals surface area (Å²) in [6.45, 7) is 0.203. The topological polar surface area (TPSA) is 67.2 Å². The van der Waals surface area contributed by atoms with Gasteiger partial charge in [0.05, 0.1) is 18.3 Å². The SMILES string of the molecule is O=C(NO)c1cc2c(CCCc3ccccc3)cn(Cc3ccc(F)cc3F)c2cn1. The number of pyridine rings is 1. The molecule has 4 aromatic rings. The number of amides is 1. The molecule has 1 amide bonds. The van der Waals surface area contributed by atoms with Crippen molar-refractivity contribution in [3.63, 3.8) is 0 Å². The van der Waals surface area contributed by atoms with Crippen LogP contribution >= 0.6 is 0 Å². The Labute approximate surface area is 177 Å². The lowest BCUT2D eigenvalue weighted by Gasteiger charge is -2.07. The van der Waals surface area contributed by atoms with E-state index in [1.165, 1.54) is 23.9 Å². The van der Waals surface area contributed by atoms with Gasteiger partial charge >= 0.3 is 0 Å². The molecule has 0 aliphatic carbocycles. The number of carbonyl (C=O) groups excluding carboxylic acids is 1. The van der Waals surface area contributed by atoms with Gasteiger partial charge < -0.3 is 4.57 Å². The van der Waals surface area contributed by atoms with Gasteiger partial charge in [0.2, 0.25) is 0 Å². The summed E-state index contributed by atoms with van der Waals surface area (Å²) in [7, 11) is 0. The second-order valence-electron chi connectivity index (χ2n) is 7.38. The maximum Gasteiger partial charge on any atom is 0.293 e. The zero-order valence-corrected chi connectivity index (χ0v) is 16.7. The van der Waals surface area contributed by atoms with Crippen LogP contribution in [0.1, 0.15) is 33.6 Å². The number of nitrogens with zero attached hydrogens (tertiary/aromatic N) is 2. The fraction of sp³-hybridized carbons (Fsp3) is 0.167. The van der Waals surface area contributed by atoms with Gasteiger partial charge in [-0.15, -0.1) is 0 Å². The molecule has 5 nitrogen and oxygen atoms in total. The Hall–Kier alpha value is -3.58. The number of nitrogens with one attached hydrogen (secondary N) is 1. The first kappa shape index (κ1) is 20.7. The summed E-state index contributed by atoms with van der Waals surface area (Å²) in [5.74, 6) is -1.94. The third-order valence-electron chi connectivity index (χ3n) is 5.29. The van der Waals surface area contributed by atoms with Gasteiger partial charge in [-0.1, -0.05) is 36.4 Å². The highest BCUT2D eigenvalue weighted by molar-refractivity contribution is 5.96. The van der Waals surface area contributed by atoms with E-state index < -0.39 is 17.5 Å². The van der Waals surface area contributed by atoms with Crippen LogP contribution in [0.15, 0.2) is 67.0 Å². The van der Waals surface area contributed by atoms with Crippen LogP contribution in [-0.4, -0.2) is 20.7 Å². The Balaban J connectivity index is 1.66. The van der Waals surface area contributed by atoms with Crippen LogP contribution in [0.5, 0.6) is 0 Å². The minimum atomic E-state index is -0.700. The summed E-state index contributed by atoms with van der Waals surface area (Å²) in [5.41, 5.74) is 4.99. The van der Waals surface area contributed by atoms with E-state index in [0.717, 1.165) is 41.8 Å². The van der Waals surface area contributed by atoms with Crippen molar-refractivity contribution in [1.82, 2.24) is 15.0 Å². The van der Waals surface area contributed by atoms with Crippen molar-refractivity contribution in [3.05, 3.63) is 101 Å². The first-order valence-electron chi connectivity index (χ1n) is 9.95. The van der Waals surface area contributed by atoms with Crippen molar-refractivity contribution in [2.45, 2.75) is 25.8 Å². The first-order valence-corrected chi connectivity index (χ1v) is 9.95. The second kappa shape index (κ2) is 9.06. The number of hydroxylamine groups is 1. The first-order chi connectivity index (χ1) is 15.0. The van der Waals surface area contributed by atoms with Gasteiger partial charge in [-0.3, -0.25) is 10.0 Å². The fourth-order valence-electron chi connectivity index (χ4n) is 3.73. The Morgan fingerprint density at radius 3 is 2.58 bits per heavy atom. The number of carbonyl (C=O) groups is 1. The minimum Gasteiger partial charge on any atom is -0.341 e. The van der Waals surface area contributed by atoms with Gasteiger partial charge in [-0.2, -0.15) is 0 Å². The smallest absolute Gasteiger partial charge is 0.293 e. The molecule has 2 aromatic heterocycles. The van der Waals surface area contributed by atoms with Gasteiger partial charge in [0, 0.05) is 23.2 Å². The zero-order valence-electron chi connectivity index (χ0n) is 16.7. The number of hydrogen-bond donors (Lipinski definition) is 2. The molecule has 0 atom stereocenters. The maximum atomic E-state index is 14.2. The Morgan fingerprint density at radius 2 is 1.84 bits per heavy atom. The molecule has 0 radical (unpaired) electrons. The highest BCUT2D eigenvalue weighted by Crippen LogP contribution is 2.25. The van der Waals surface area contributed by atoms with Crippen molar-refractivity contribution < 1.29 is 18.8 Å². The van der Waals surface area contributed by atoms with Crippen LogP contribution in [0.25, 0.3) is 10.9 Å². The van der Waals surface area contributed by atoms with Gasteiger partial charge in [-0.25, -0.2) is 19.2 Å². The molecule has 0 aliphatic rings. The van der Waals surface area contributed by atoms with Gasteiger partial charge in [0.15, 0.2) is 0 Å². The maximum absolute atomic E-state index is 14.2. The molecule has 0 bridgehead atoms. The van der Waals surface area contributed by atoms with E-state index in [1.807, 2.05) is 29.0 Å². The molecular formula is C24H21F2N3O2. The molecule has 0 saturated heterocycles. The van der Waals surface area contributed by atoms with Gasteiger partial charge in [0.1, 0.15) is 17.3 Å². The van der Waals surface area contributed by atoms with Crippen molar-refractivity contribution in [2.75, 3.05) is 0 Å². The lowest BCUT2D eigenvalue weighted by molar-refractivity contribution is 0.0701. The van der Waals surface area contributed by atoms with Crippen molar-refractivity contribution >= 4 is 16.8 Å². The normalized spacial score (nSPS) is 11.1. The summed E-state index contributed by atoms with van der Waals surface area (Å²) >= 11 is 0. The Bertz CT molecular complexity index is 1220. The molecule has 158 valence electrons. The highest BCUT2D eigenvalue weighted by Gasteiger charge is 2.15. The van der Waals surface area contributed by atoms with E-state index in [9.17, 15) is 13.6 Å². The molecule has 0 saturated carbocycles. The fourth-order valence-corrected chi connectivity index (χ4v) is 3.73. The number of fused-ring (bicyclic) bond motifs is 1. The van der Waals surface area contributed by atoms with E-state index in [0.29, 0.717) is 5.56 Å². The van der Waals surface area contributed by atoms with Crippen molar-refractivity contribution in [1.29, 1.82) is 0 Å².